The van der Waals surface area contributed by atoms with Crippen molar-refractivity contribution in [1.29, 1.82) is 0 Å². The minimum absolute atomic E-state index is 0.747. The summed E-state index contributed by atoms with van der Waals surface area (Å²) in [7, 11) is 0. The van der Waals surface area contributed by atoms with Crippen LogP contribution in [0.4, 0.5) is 0 Å². The van der Waals surface area contributed by atoms with Crippen LogP contribution in [0.3, 0.4) is 0 Å². The summed E-state index contributed by atoms with van der Waals surface area (Å²) in [6.45, 7) is 1.18. The van der Waals surface area contributed by atoms with E-state index in [4.69, 9.17) is 5.10 Å². The Kier molecular flexibility index (Phi) is 2.40. The van der Waals surface area contributed by atoms with Crippen molar-refractivity contribution in [3.63, 3.8) is 0 Å². The Labute approximate surface area is 121 Å². The lowest BCUT2D eigenvalue weighted by Gasteiger charge is -2.62. The lowest BCUT2D eigenvalue weighted by atomic mass is 9.43. The van der Waals surface area contributed by atoms with E-state index >= 15 is 0 Å². The van der Waals surface area contributed by atoms with Crippen LogP contribution in [0.2, 0.25) is 0 Å². The number of aryl methyl sites for hydroxylation is 1. The summed E-state index contributed by atoms with van der Waals surface area (Å²) in [4.78, 5) is 0. The summed E-state index contributed by atoms with van der Waals surface area (Å²) in [5.74, 6) is 5.27. The average molecular weight is 271 g/mol. The van der Waals surface area contributed by atoms with E-state index in [0.29, 0.717) is 0 Å². The van der Waals surface area contributed by atoms with Crippen LogP contribution >= 0.6 is 0 Å². The second-order valence-corrected chi connectivity index (χ2v) is 7.99. The molecule has 6 rings (SSSR count). The number of hydrogen-bond donors (Lipinski definition) is 0. The van der Waals surface area contributed by atoms with Crippen LogP contribution in [-0.4, -0.2) is 14.8 Å². The molecular formula is C17H25N3. The first-order valence-electron chi connectivity index (χ1n) is 8.77. The molecule has 108 valence electrons. The predicted octanol–water partition coefficient (Wildman–Crippen LogP) is 3.69. The molecular weight excluding hydrogens is 246 g/mol. The van der Waals surface area contributed by atoms with Gasteiger partial charge in [-0.2, -0.15) is 0 Å². The topological polar surface area (TPSA) is 30.7 Å². The fourth-order valence-corrected chi connectivity index (χ4v) is 6.04. The summed E-state index contributed by atoms with van der Waals surface area (Å²) >= 11 is 0. The van der Waals surface area contributed by atoms with E-state index in [1.807, 2.05) is 0 Å². The van der Waals surface area contributed by atoms with Crippen LogP contribution in [0.25, 0.3) is 0 Å². The molecule has 2 atom stereocenters. The van der Waals surface area contributed by atoms with Crippen molar-refractivity contribution in [1.82, 2.24) is 14.8 Å². The van der Waals surface area contributed by atoms with Gasteiger partial charge in [-0.3, -0.25) is 0 Å². The zero-order chi connectivity index (χ0) is 13.2. The van der Waals surface area contributed by atoms with Crippen molar-refractivity contribution in [2.45, 2.75) is 76.7 Å². The minimum atomic E-state index is 0.747. The van der Waals surface area contributed by atoms with Gasteiger partial charge in [0.05, 0.1) is 0 Å². The Morgan fingerprint density at radius 3 is 2.80 bits per heavy atom. The Balaban J connectivity index is 1.52. The van der Waals surface area contributed by atoms with Gasteiger partial charge in [0.25, 0.3) is 0 Å². The summed E-state index contributed by atoms with van der Waals surface area (Å²) in [6, 6.07) is 0. The predicted molar refractivity (Wildman–Crippen MR) is 77.4 cm³/mol. The second-order valence-electron chi connectivity index (χ2n) is 7.99. The van der Waals surface area contributed by atoms with Crippen LogP contribution in [0.1, 0.15) is 75.4 Å². The highest BCUT2D eigenvalue weighted by Gasteiger charge is 2.57. The number of fused-ring (bicyclic) bond motifs is 1. The van der Waals surface area contributed by atoms with Crippen molar-refractivity contribution in [2.24, 2.45) is 17.3 Å². The van der Waals surface area contributed by atoms with Gasteiger partial charge in [0.15, 0.2) is 0 Å². The maximum atomic E-state index is 4.70. The third kappa shape index (κ3) is 1.52. The van der Waals surface area contributed by atoms with Crippen molar-refractivity contribution in [3.05, 3.63) is 11.6 Å². The molecule has 4 saturated carbocycles. The molecule has 1 aromatic heterocycles. The van der Waals surface area contributed by atoms with Gasteiger partial charge in [0, 0.05) is 18.9 Å². The van der Waals surface area contributed by atoms with Gasteiger partial charge in [-0.25, -0.2) is 0 Å². The SMILES string of the molecule is C1CCc2nnc(C3C4CCCC5(C4)CC3C5)n2CC1. The molecule has 4 aliphatic carbocycles. The molecule has 3 nitrogen and oxygen atoms in total. The van der Waals surface area contributed by atoms with Gasteiger partial charge in [0.2, 0.25) is 0 Å². The van der Waals surface area contributed by atoms with Crippen molar-refractivity contribution >= 4 is 0 Å². The smallest absolute Gasteiger partial charge is 0.136 e. The lowest BCUT2D eigenvalue weighted by molar-refractivity contribution is -0.0930. The van der Waals surface area contributed by atoms with Gasteiger partial charge in [-0.15, -0.1) is 10.2 Å². The molecule has 20 heavy (non-hydrogen) atoms. The fraction of sp³-hybridized carbons (Fsp3) is 0.882. The van der Waals surface area contributed by atoms with Crippen LogP contribution in [0, 0.1) is 17.3 Å². The normalized spacial score (nSPS) is 42.5. The summed E-state index contributed by atoms with van der Waals surface area (Å²) < 4.78 is 2.53. The number of nitrogens with zero attached hydrogens (tertiary/aromatic N) is 3. The molecule has 0 radical (unpaired) electrons. The van der Waals surface area contributed by atoms with Gasteiger partial charge < -0.3 is 4.57 Å². The van der Waals surface area contributed by atoms with Crippen LogP contribution in [-0.2, 0) is 13.0 Å². The summed E-state index contributed by atoms with van der Waals surface area (Å²) in [6.07, 6.45) is 14.1. The molecule has 1 aromatic rings. The molecule has 3 bridgehead atoms. The van der Waals surface area contributed by atoms with Gasteiger partial charge in [-0.1, -0.05) is 12.8 Å². The zero-order valence-electron chi connectivity index (χ0n) is 12.4. The molecule has 2 unspecified atom stereocenters. The molecule has 3 heteroatoms. The lowest BCUT2D eigenvalue weighted by Crippen LogP contribution is -2.52. The first kappa shape index (κ1) is 11.8. The zero-order valence-corrected chi connectivity index (χ0v) is 12.4. The highest BCUT2D eigenvalue weighted by atomic mass is 15.3. The first-order valence-corrected chi connectivity index (χ1v) is 8.77. The monoisotopic (exact) mass is 271 g/mol. The molecule has 0 saturated heterocycles. The molecule has 0 amide bonds. The third-order valence-electron chi connectivity index (χ3n) is 6.82. The molecule has 0 N–H and O–H groups in total. The van der Waals surface area contributed by atoms with Gasteiger partial charge in [0.1, 0.15) is 11.6 Å². The molecule has 4 fully saturated rings. The minimum Gasteiger partial charge on any atom is -0.315 e. The van der Waals surface area contributed by atoms with Crippen molar-refractivity contribution < 1.29 is 0 Å². The van der Waals surface area contributed by atoms with Crippen molar-refractivity contribution in [3.8, 4) is 0 Å². The van der Waals surface area contributed by atoms with E-state index in [1.54, 1.807) is 0 Å². The molecule has 0 aromatic carbocycles. The van der Waals surface area contributed by atoms with E-state index in [0.717, 1.165) is 29.6 Å². The average Bonchev–Trinajstić information content (AvgIpc) is 2.67. The third-order valence-corrected chi connectivity index (χ3v) is 6.82. The van der Waals surface area contributed by atoms with Crippen molar-refractivity contribution in [2.75, 3.05) is 0 Å². The van der Waals surface area contributed by atoms with Crippen LogP contribution < -0.4 is 0 Å². The first-order chi connectivity index (χ1) is 9.85. The Morgan fingerprint density at radius 1 is 0.950 bits per heavy atom. The van der Waals surface area contributed by atoms with E-state index in [9.17, 15) is 0 Å². The Morgan fingerprint density at radius 2 is 1.85 bits per heavy atom. The number of hydrogen-bond acceptors (Lipinski definition) is 2. The van der Waals surface area contributed by atoms with E-state index in [1.165, 1.54) is 76.0 Å². The molecule has 1 aliphatic heterocycles. The number of rotatable bonds is 1. The van der Waals surface area contributed by atoms with E-state index < -0.39 is 0 Å². The quantitative estimate of drug-likeness (QED) is 0.780. The maximum absolute atomic E-state index is 4.70. The van der Waals surface area contributed by atoms with E-state index in [2.05, 4.69) is 9.67 Å². The van der Waals surface area contributed by atoms with Gasteiger partial charge >= 0.3 is 0 Å². The summed E-state index contributed by atoms with van der Waals surface area (Å²) in [5, 5.41) is 9.26. The van der Waals surface area contributed by atoms with Crippen LogP contribution in [0.15, 0.2) is 0 Å². The second kappa shape index (κ2) is 4.08. The molecule has 2 heterocycles. The van der Waals surface area contributed by atoms with Crippen LogP contribution in [0.5, 0.6) is 0 Å². The highest BCUT2D eigenvalue weighted by Crippen LogP contribution is 2.67. The Bertz CT molecular complexity index is 526. The van der Waals surface area contributed by atoms with E-state index in [-0.39, 0.29) is 0 Å². The number of aromatic nitrogens is 3. The largest absolute Gasteiger partial charge is 0.315 e. The highest BCUT2D eigenvalue weighted by molar-refractivity contribution is 5.17. The maximum Gasteiger partial charge on any atom is 0.136 e. The standard InChI is InChI=1S/C17H25N3/c1-2-6-14-18-19-16(20(14)8-3-1)15-12-5-4-7-17(9-12)10-13(15)11-17/h12-13,15H,1-11H2. The fourth-order valence-electron chi connectivity index (χ4n) is 6.04. The summed E-state index contributed by atoms with van der Waals surface area (Å²) in [5.41, 5.74) is 0.783. The molecule has 5 aliphatic rings. The Hall–Kier alpha value is -0.860. The molecule has 1 spiro atoms. The van der Waals surface area contributed by atoms with Gasteiger partial charge in [-0.05, 0) is 62.2 Å².